The van der Waals surface area contributed by atoms with E-state index in [-0.39, 0.29) is 11.7 Å². The number of imidazole rings is 1. The molecule has 1 aliphatic heterocycles. The molecule has 5 rings (SSSR count). The molecule has 33 heavy (non-hydrogen) atoms. The third-order valence-corrected chi connectivity index (χ3v) is 7.11. The van der Waals surface area contributed by atoms with Crippen LogP contribution in [0.4, 0.5) is 5.95 Å². The Morgan fingerprint density at radius 1 is 1.24 bits per heavy atom. The predicted molar refractivity (Wildman–Crippen MR) is 128 cm³/mol. The van der Waals surface area contributed by atoms with Crippen molar-refractivity contribution >= 4 is 22.2 Å². The Bertz CT molecular complexity index is 1270. The van der Waals surface area contributed by atoms with Gasteiger partial charge in [0.25, 0.3) is 10.8 Å². The van der Waals surface area contributed by atoms with Crippen LogP contribution in [0.5, 0.6) is 5.19 Å². The Hall–Kier alpha value is -3.27. The van der Waals surface area contributed by atoms with Crippen molar-refractivity contribution in [2.75, 3.05) is 18.0 Å². The van der Waals surface area contributed by atoms with Gasteiger partial charge >= 0.3 is 0 Å². The van der Waals surface area contributed by atoms with Crippen LogP contribution in [0, 0.1) is 5.92 Å². The van der Waals surface area contributed by atoms with E-state index in [4.69, 9.17) is 4.74 Å². The number of anilines is 1. The zero-order valence-electron chi connectivity index (χ0n) is 19.0. The van der Waals surface area contributed by atoms with E-state index in [0.717, 1.165) is 60.1 Å². The van der Waals surface area contributed by atoms with Gasteiger partial charge in [-0.3, -0.25) is 4.79 Å². The topological polar surface area (TPSA) is 90.4 Å². The van der Waals surface area contributed by atoms with Gasteiger partial charge in [0.1, 0.15) is 6.10 Å². The molecule has 0 radical (unpaired) electrons. The van der Waals surface area contributed by atoms with Crippen molar-refractivity contribution in [3.8, 4) is 16.5 Å². The van der Waals surface area contributed by atoms with Gasteiger partial charge in [-0.1, -0.05) is 6.92 Å². The average molecular weight is 466 g/mol. The molecule has 0 saturated carbocycles. The fourth-order valence-electron chi connectivity index (χ4n) is 4.09. The van der Waals surface area contributed by atoms with Gasteiger partial charge in [0.2, 0.25) is 10.9 Å². The normalized spacial score (nSPS) is 15.8. The van der Waals surface area contributed by atoms with Crippen molar-refractivity contribution in [3.63, 3.8) is 0 Å². The maximum atomic E-state index is 11.9. The molecule has 0 N–H and O–H groups in total. The summed E-state index contributed by atoms with van der Waals surface area (Å²) in [4.78, 5) is 28.5. The second kappa shape index (κ2) is 8.93. The number of hydrogen-bond donors (Lipinski definition) is 0. The molecule has 0 unspecified atom stereocenters. The largest absolute Gasteiger partial charge is 0.466 e. The summed E-state index contributed by atoms with van der Waals surface area (Å²) in [5.41, 5.74) is 2.61. The maximum Gasteiger partial charge on any atom is 0.294 e. The summed E-state index contributed by atoms with van der Waals surface area (Å²) in [5.74, 6) is 1.26. The number of aromatic nitrogens is 6. The van der Waals surface area contributed by atoms with Crippen molar-refractivity contribution in [2.45, 2.75) is 39.2 Å². The molecule has 1 fully saturated rings. The summed E-state index contributed by atoms with van der Waals surface area (Å²) < 4.78 is 9.45. The molecule has 0 aromatic carbocycles. The molecular weight excluding hydrogens is 438 g/mol. The summed E-state index contributed by atoms with van der Waals surface area (Å²) in [6, 6.07) is 3.46. The van der Waals surface area contributed by atoms with Crippen molar-refractivity contribution in [3.05, 3.63) is 52.8 Å². The Labute approximate surface area is 195 Å². The van der Waals surface area contributed by atoms with Crippen LogP contribution in [0.1, 0.15) is 32.3 Å². The first-order valence-electron chi connectivity index (χ1n) is 11.3. The lowest BCUT2D eigenvalue weighted by atomic mass is 9.92. The van der Waals surface area contributed by atoms with Gasteiger partial charge in [0.15, 0.2) is 0 Å². The highest BCUT2D eigenvalue weighted by atomic mass is 32.1. The van der Waals surface area contributed by atoms with Gasteiger partial charge in [-0.25, -0.2) is 19.5 Å². The van der Waals surface area contributed by atoms with Gasteiger partial charge in [-0.15, -0.1) is 5.10 Å². The van der Waals surface area contributed by atoms with E-state index < -0.39 is 0 Å². The molecule has 0 bridgehead atoms. The summed E-state index contributed by atoms with van der Waals surface area (Å²) in [6.07, 6.45) is 10.5. The molecule has 5 heterocycles. The van der Waals surface area contributed by atoms with Gasteiger partial charge < -0.3 is 14.2 Å². The van der Waals surface area contributed by atoms with Crippen molar-refractivity contribution in [1.29, 1.82) is 0 Å². The maximum absolute atomic E-state index is 11.9. The SMILES string of the molecule is CCc1cnc(N2CCC([C@@H](C)Oc3nn4cc(-c5ccn(C)c(=O)c5)nc4s3)CC2)nc1. The molecule has 4 aromatic heterocycles. The fourth-order valence-corrected chi connectivity index (χ4v) is 4.91. The molecule has 1 atom stereocenters. The minimum Gasteiger partial charge on any atom is -0.466 e. The highest BCUT2D eigenvalue weighted by Crippen LogP contribution is 2.29. The van der Waals surface area contributed by atoms with Crippen LogP contribution in [0.15, 0.2) is 41.7 Å². The molecule has 1 saturated heterocycles. The smallest absolute Gasteiger partial charge is 0.294 e. The summed E-state index contributed by atoms with van der Waals surface area (Å²) in [6.45, 7) is 6.06. The molecule has 1 aliphatic rings. The number of pyridine rings is 1. The van der Waals surface area contributed by atoms with Gasteiger partial charge in [0.05, 0.1) is 11.9 Å². The lowest BCUT2D eigenvalue weighted by Gasteiger charge is -2.34. The summed E-state index contributed by atoms with van der Waals surface area (Å²) in [7, 11) is 1.73. The minimum absolute atomic E-state index is 0.0583. The van der Waals surface area contributed by atoms with Crippen molar-refractivity contribution < 1.29 is 4.74 Å². The highest BCUT2D eigenvalue weighted by molar-refractivity contribution is 7.18. The van der Waals surface area contributed by atoms with Crippen molar-refractivity contribution in [1.82, 2.24) is 29.1 Å². The molecule has 9 nitrogen and oxygen atoms in total. The van der Waals surface area contributed by atoms with Crippen molar-refractivity contribution in [2.24, 2.45) is 13.0 Å². The first kappa shape index (κ1) is 21.6. The number of fused-ring (bicyclic) bond motifs is 1. The fraction of sp³-hybridized carbons (Fsp3) is 0.435. The Balaban J connectivity index is 1.20. The first-order valence-corrected chi connectivity index (χ1v) is 12.1. The van der Waals surface area contributed by atoms with Gasteiger partial charge in [-0.05, 0) is 55.1 Å². The second-order valence-electron chi connectivity index (χ2n) is 8.48. The van der Waals surface area contributed by atoms with E-state index in [9.17, 15) is 4.79 Å². The van der Waals surface area contributed by atoms with Crippen LogP contribution in [0.2, 0.25) is 0 Å². The summed E-state index contributed by atoms with van der Waals surface area (Å²) in [5, 5.41) is 5.16. The molecule has 0 amide bonds. The monoisotopic (exact) mass is 465 g/mol. The van der Waals surface area contributed by atoms with Crippen LogP contribution in [-0.2, 0) is 13.5 Å². The van der Waals surface area contributed by atoms with E-state index >= 15 is 0 Å². The predicted octanol–water partition coefficient (Wildman–Crippen LogP) is 3.19. The third kappa shape index (κ3) is 4.47. The van der Waals surface area contributed by atoms with E-state index in [1.807, 2.05) is 24.7 Å². The number of piperidine rings is 1. The number of aryl methyl sites for hydroxylation is 2. The quantitative estimate of drug-likeness (QED) is 0.432. The molecule has 10 heteroatoms. The van der Waals surface area contributed by atoms with Crippen LogP contribution in [0.3, 0.4) is 0 Å². The molecule has 0 aliphatic carbocycles. The van der Waals surface area contributed by atoms with Crippen LogP contribution in [0.25, 0.3) is 16.2 Å². The van der Waals surface area contributed by atoms with E-state index in [2.05, 4.69) is 38.8 Å². The average Bonchev–Trinajstić information content (AvgIpc) is 3.40. The second-order valence-corrected chi connectivity index (χ2v) is 9.40. The Kier molecular flexibility index (Phi) is 5.84. The van der Waals surface area contributed by atoms with E-state index in [1.165, 1.54) is 15.9 Å². The Morgan fingerprint density at radius 3 is 2.67 bits per heavy atom. The number of rotatable bonds is 6. The van der Waals surface area contributed by atoms with E-state index in [0.29, 0.717) is 11.1 Å². The van der Waals surface area contributed by atoms with Crippen LogP contribution < -0.4 is 15.2 Å². The first-order chi connectivity index (χ1) is 16.0. The zero-order chi connectivity index (χ0) is 22.9. The number of nitrogens with zero attached hydrogens (tertiary/aromatic N) is 7. The van der Waals surface area contributed by atoms with Gasteiger partial charge in [-0.2, -0.15) is 0 Å². The molecule has 0 spiro atoms. The van der Waals surface area contributed by atoms with E-state index in [1.54, 1.807) is 23.8 Å². The Morgan fingerprint density at radius 2 is 2.00 bits per heavy atom. The standard InChI is InChI=1S/C23H27N7O2S/c1-4-16-12-24-21(25-13-16)29-9-6-17(7-10-29)15(2)32-23-27-30-14-19(26-22(30)33-23)18-5-8-28(3)20(31)11-18/h5,8,11-15,17H,4,6-7,9-10H2,1-3H3/t15-/m1/s1. The lowest BCUT2D eigenvalue weighted by molar-refractivity contribution is 0.131. The molecule has 4 aromatic rings. The summed E-state index contributed by atoms with van der Waals surface area (Å²) >= 11 is 1.42. The lowest BCUT2D eigenvalue weighted by Crippen LogP contribution is -2.39. The highest BCUT2D eigenvalue weighted by Gasteiger charge is 2.27. The van der Waals surface area contributed by atoms with Crippen LogP contribution in [-0.4, -0.2) is 48.3 Å². The van der Waals surface area contributed by atoms with Crippen LogP contribution >= 0.6 is 11.3 Å². The third-order valence-electron chi connectivity index (χ3n) is 6.30. The molecular formula is C23H27N7O2S. The minimum atomic E-state index is -0.0646. The molecule has 172 valence electrons. The zero-order valence-corrected chi connectivity index (χ0v) is 19.8. The van der Waals surface area contributed by atoms with Gasteiger partial charge in [0, 0.05) is 50.4 Å². The number of ether oxygens (including phenoxy) is 1. The number of hydrogen-bond acceptors (Lipinski definition) is 8.